The van der Waals surface area contributed by atoms with Gasteiger partial charge in [-0.15, -0.1) is 11.3 Å². The molecule has 17 heavy (non-hydrogen) atoms. The van der Waals surface area contributed by atoms with Gasteiger partial charge in [-0.25, -0.2) is 4.98 Å². The van der Waals surface area contributed by atoms with Crippen molar-refractivity contribution in [2.75, 3.05) is 6.54 Å². The molecule has 0 bridgehead atoms. The molecule has 0 atom stereocenters. The van der Waals surface area contributed by atoms with Crippen LogP contribution in [-0.4, -0.2) is 21.3 Å². The van der Waals surface area contributed by atoms with Gasteiger partial charge in [-0.1, -0.05) is 6.92 Å². The summed E-state index contributed by atoms with van der Waals surface area (Å²) >= 11 is 1.67. The van der Waals surface area contributed by atoms with Crippen LogP contribution in [0.5, 0.6) is 0 Å². The van der Waals surface area contributed by atoms with Crippen molar-refractivity contribution in [3.63, 3.8) is 0 Å². The van der Waals surface area contributed by atoms with Gasteiger partial charge in [0.2, 0.25) is 0 Å². The highest BCUT2D eigenvalue weighted by Crippen LogP contribution is 2.11. The second kappa shape index (κ2) is 5.93. The van der Waals surface area contributed by atoms with E-state index < -0.39 is 0 Å². The predicted molar refractivity (Wildman–Crippen MR) is 70.2 cm³/mol. The Morgan fingerprint density at radius 2 is 2.35 bits per heavy atom. The second-order valence-corrected chi connectivity index (χ2v) is 4.99. The van der Waals surface area contributed by atoms with Crippen molar-refractivity contribution in [3.8, 4) is 0 Å². The summed E-state index contributed by atoms with van der Waals surface area (Å²) in [5.41, 5.74) is 2.50. The monoisotopic (exact) mass is 250 g/mol. The summed E-state index contributed by atoms with van der Waals surface area (Å²) in [7, 11) is 0. The van der Waals surface area contributed by atoms with Crippen LogP contribution in [0.4, 0.5) is 0 Å². The van der Waals surface area contributed by atoms with Crippen LogP contribution in [-0.2, 0) is 13.1 Å². The summed E-state index contributed by atoms with van der Waals surface area (Å²) in [5, 5.41) is 10.9. The molecular formula is C12H18N4S. The Morgan fingerprint density at radius 1 is 1.47 bits per heavy atom. The fourth-order valence-electron chi connectivity index (χ4n) is 1.68. The fraction of sp³-hybridized carbons (Fsp3) is 0.500. The minimum Gasteiger partial charge on any atom is -0.313 e. The molecule has 0 aliphatic heterocycles. The van der Waals surface area contributed by atoms with Gasteiger partial charge in [0.25, 0.3) is 0 Å². The van der Waals surface area contributed by atoms with Crippen molar-refractivity contribution in [3.05, 3.63) is 34.0 Å². The average Bonchev–Trinajstić information content (AvgIpc) is 2.94. The van der Waals surface area contributed by atoms with Crippen molar-refractivity contribution in [1.82, 2.24) is 20.1 Å². The third-order valence-electron chi connectivity index (χ3n) is 2.72. The number of hydrogen-bond donors (Lipinski definition) is 1. The van der Waals surface area contributed by atoms with Crippen LogP contribution < -0.4 is 5.32 Å². The molecule has 0 saturated carbocycles. The largest absolute Gasteiger partial charge is 0.313 e. The molecule has 0 aliphatic carbocycles. The summed E-state index contributed by atoms with van der Waals surface area (Å²) in [6.45, 7) is 7.02. The van der Waals surface area contributed by atoms with Crippen LogP contribution in [0.15, 0.2) is 17.8 Å². The first-order chi connectivity index (χ1) is 8.31. The third kappa shape index (κ3) is 3.14. The quantitative estimate of drug-likeness (QED) is 0.799. The molecule has 2 heterocycles. The van der Waals surface area contributed by atoms with Crippen molar-refractivity contribution < 1.29 is 0 Å². The van der Waals surface area contributed by atoms with Crippen LogP contribution in [0, 0.1) is 6.92 Å². The molecule has 5 heteroatoms. The highest BCUT2D eigenvalue weighted by atomic mass is 32.1. The van der Waals surface area contributed by atoms with Crippen molar-refractivity contribution in [1.29, 1.82) is 0 Å². The summed E-state index contributed by atoms with van der Waals surface area (Å²) in [5.74, 6) is 0. The summed E-state index contributed by atoms with van der Waals surface area (Å²) in [4.78, 5) is 4.28. The molecule has 0 aromatic carbocycles. The first-order valence-electron chi connectivity index (χ1n) is 5.91. The maximum atomic E-state index is 4.41. The van der Waals surface area contributed by atoms with E-state index in [1.54, 1.807) is 11.3 Å². The highest BCUT2D eigenvalue weighted by molar-refractivity contribution is 7.09. The van der Waals surface area contributed by atoms with E-state index in [1.165, 1.54) is 11.3 Å². The number of rotatable bonds is 6. The smallest absolute Gasteiger partial charge is 0.114 e. The van der Waals surface area contributed by atoms with Crippen molar-refractivity contribution in [2.45, 2.75) is 33.4 Å². The van der Waals surface area contributed by atoms with Gasteiger partial charge in [0, 0.05) is 29.4 Å². The average molecular weight is 250 g/mol. The Kier molecular flexibility index (Phi) is 4.28. The molecule has 0 fully saturated rings. The lowest BCUT2D eigenvalue weighted by atomic mass is 10.2. The molecular weight excluding hydrogens is 232 g/mol. The molecule has 0 unspecified atom stereocenters. The highest BCUT2D eigenvalue weighted by Gasteiger charge is 2.07. The molecule has 2 aromatic rings. The Balaban J connectivity index is 1.99. The molecule has 92 valence electrons. The van der Waals surface area contributed by atoms with Gasteiger partial charge < -0.3 is 5.32 Å². The van der Waals surface area contributed by atoms with Gasteiger partial charge in [-0.3, -0.25) is 4.68 Å². The zero-order chi connectivity index (χ0) is 12.1. The van der Waals surface area contributed by atoms with Gasteiger partial charge in [-0.2, -0.15) is 5.10 Å². The second-order valence-electron chi connectivity index (χ2n) is 4.02. The lowest BCUT2D eigenvalue weighted by molar-refractivity contribution is 0.649. The van der Waals surface area contributed by atoms with Gasteiger partial charge in [0.1, 0.15) is 5.01 Å². The topological polar surface area (TPSA) is 42.7 Å². The van der Waals surface area contributed by atoms with Gasteiger partial charge in [-0.05, 0) is 19.9 Å². The zero-order valence-electron chi connectivity index (χ0n) is 10.3. The van der Waals surface area contributed by atoms with E-state index in [-0.39, 0.29) is 0 Å². The first-order valence-corrected chi connectivity index (χ1v) is 6.79. The zero-order valence-corrected chi connectivity index (χ0v) is 11.1. The molecule has 1 N–H and O–H groups in total. The van der Waals surface area contributed by atoms with E-state index in [1.807, 2.05) is 22.5 Å². The lowest BCUT2D eigenvalue weighted by Gasteiger charge is -2.04. The van der Waals surface area contributed by atoms with Crippen LogP contribution >= 0.6 is 11.3 Å². The van der Waals surface area contributed by atoms with Gasteiger partial charge in [0.15, 0.2) is 0 Å². The van der Waals surface area contributed by atoms with Crippen molar-refractivity contribution in [2.24, 2.45) is 0 Å². The van der Waals surface area contributed by atoms with E-state index >= 15 is 0 Å². The molecule has 0 saturated heterocycles. The normalized spacial score (nSPS) is 10.9. The van der Waals surface area contributed by atoms with E-state index in [4.69, 9.17) is 0 Å². The summed E-state index contributed by atoms with van der Waals surface area (Å²) < 4.78 is 2.02. The molecule has 2 rings (SSSR count). The minimum atomic E-state index is 0.775. The van der Waals surface area contributed by atoms with E-state index in [0.29, 0.717) is 0 Å². The maximum absolute atomic E-state index is 4.41. The molecule has 0 amide bonds. The number of hydrogen-bond acceptors (Lipinski definition) is 4. The SMILES string of the molecule is CCCNCc1cnn(Cc2nccs2)c1C. The van der Waals surface area contributed by atoms with Gasteiger partial charge in [0.05, 0.1) is 12.7 Å². The summed E-state index contributed by atoms with van der Waals surface area (Å²) in [6.07, 6.45) is 4.94. The first kappa shape index (κ1) is 12.3. The molecule has 0 radical (unpaired) electrons. The number of thiazole rings is 1. The van der Waals surface area contributed by atoms with Crippen LogP contribution in [0.2, 0.25) is 0 Å². The Bertz CT molecular complexity index is 447. The summed E-state index contributed by atoms with van der Waals surface area (Å²) in [6, 6.07) is 0. The molecule has 0 spiro atoms. The van der Waals surface area contributed by atoms with Crippen LogP contribution in [0.3, 0.4) is 0 Å². The molecule has 4 nitrogen and oxygen atoms in total. The van der Waals surface area contributed by atoms with Crippen LogP contribution in [0.1, 0.15) is 29.6 Å². The standard InChI is InChI=1S/C12H18N4S/c1-3-4-13-7-11-8-15-16(10(11)2)9-12-14-5-6-17-12/h5-6,8,13H,3-4,7,9H2,1-2H3. The molecule has 2 aromatic heterocycles. The Labute approximate surface area is 106 Å². The predicted octanol–water partition coefficient (Wildman–Crippen LogP) is 2.20. The minimum absolute atomic E-state index is 0.775. The van der Waals surface area contributed by atoms with E-state index in [0.717, 1.165) is 31.1 Å². The maximum Gasteiger partial charge on any atom is 0.114 e. The fourth-order valence-corrected chi connectivity index (χ4v) is 2.27. The number of aromatic nitrogens is 3. The van der Waals surface area contributed by atoms with Crippen LogP contribution in [0.25, 0.3) is 0 Å². The van der Waals surface area contributed by atoms with E-state index in [2.05, 4.69) is 29.2 Å². The van der Waals surface area contributed by atoms with Crippen molar-refractivity contribution >= 4 is 11.3 Å². The van der Waals surface area contributed by atoms with E-state index in [9.17, 15) is 0 Å². The Hall–Kier alpha value is -1.20. The number of nitrogens with zero attached hydrogens (tertiary/aromatic N) is 3. The Morgan fingerprint density at radius 3 is 3.06 bits per heavy atom. The third-order valence-corrected chi connectivity index (χ3v) is 3.48. The lowest BCUT2D eigenvalue weighted by Crippen LogP contribution is -2.14. The molecule has 0 aliphatic rings. The number of nitrogens with one attached hydrogen (secondary N) is 1. The van der Waals surface area contributed by atoms with Gasteiger partial charge >= 0.3 is 0 Å².